The number of nitrogens with one attached hydrogen (secondary N) is 2. The van der Waals surface area contributed by atoms with E-state index in [1.54, 1.807) is 24.9 Å². The van der Waals surface area contributed by atoms with E-state index in [0.717, 1.165) is 11.1 Å². The van der Waals surface area contributed by atoms with Crippen molar-refractivity contribution in [2.75, 3.05) is 30.8 Å². The van der Waals surface area contributed by atoms with Crippen LogP contribution in [0, 0.1) is 19.7 Å². The lowest BCUT2D eigenvalue weighted by Crippen LogP contribution is -2.36. The van der Waals surface area contributed by atoms with Gasteiger partial charge < -0.3 is 10.6 Å². The number of nitrogens with zero attached hydrogens (tertiary/aromatic N) is 1. The fourth-order valence-electron chi connectivity index (χ4n) is 2.29. The van der Waals surface area contributed by atoms with Gasteiger partial charge in [-0.25, -0.2) is 4.39 Å². The summed E-state index contributed by atoms with van der Waals surface area (Å²) >= 11 is 0. The third-order valence-corrected chi connectivity index (χ3v) is 3.56. The Morgan fingerprint density at radius 2 is 1.48 bits per heavy atom. The van der Waals surface area contributed by atoms with Crippen LogP contribution in [0.3, 0.4) is 0 Å². The molecule has 2 amide bonds. The number of halogens is 1. The number of amides is 2. The summed E-state index contributed by atoms with van der Waals surface area (Å²) in [4.78, 5) is 25.5. The Morgan fingerprint density at radius 3 is 2.08 bits per heavy atom. The lowest BCUT2D eigenvalue weighted by Gasteiger charge is -2.16. The fraction of sp³-hybridized carbons (Fsp3) is 0.263. The SMILES string of the molecule is Cc1ccc(NC(=O)CN(C)CC(=O)Nc2ccc(C)cc2F)cc1. The van der Waals surface area contributed by atoms with Crippen LogP contribution in [-0.4, -0.2) is 36.9 Å². The van der Waals surface area contributed by atoms with Gasteiger partial charge in [-0.05, 0) is 50.7 Å². The van der Waals surface area contributed by atoms with Crippen molar-refractivity contribution in [2.24, 2.45) is 0 Å². The zero-order valence-corrected chi connectivity index (χ0v) is 14.6. The van der Waals surface area contributed by atoms with Crippen LogP contribution in [0.15, 0.2) is 42.5 Å². The van der Waals surface area contributed by atoms with E-state index >= 15 is 0 Å². The number of carbonyl (C=O) groups is 2. The molecule has 25 heavy (non-hydrogen) atoms. The number of carbonyl (C=O) groups excluding carboxylic acids is 2. The van der Waals surface area contributed by atoms with Crippen molar-refractivity contribution in [1.82, 2.24) is 4.90 Å². The summed E-state index contributed by atoms with van der Waals surface area (Å²) in [7, 11) is 1.65. The molecule has 5 nitrogen and oxygen atoms in total. The zero-order chi connectivity index (χ0) is 18.4. The van der Waals surface area contributed by atoms with Crippen LogP contribution in [0.4, 0.5) is 15.8 Å². The fourth-order valence-corrected chi connectivity index (χ4v) is 2.29. The number of likely N-dealkylation sites (N-methyl/N-ethyl adjacent to an activating group) is 1. The molecular formula is C19H22FN3O2. The summed E-state index contributed by atoms with van der Waals surface area (Å²) in [5, 5.41) is 5.28. The Labute approximate surface area is 146 Å². The molecule has 0 fully saturated rings. The van der Waals surface area contributed by atoms with Crippen LogP contribution in [-0.2, 0) is 9.59 Å². The zero-order valence-electron chi connectivity index (χ0n) is 14.6. The number of hydrogen-bond donors (Lipinski definition) is 2. The molecule has 2 rings (SSSR count). The van der Waals surface area contributed by atoms with Gasteiger partial charge in [0.2, 0.25) is 11.8 Å². The van der Waals surface area contributed by atoms with Crippen molar-refractivity contribution in [2.45, 2.75) is 13.8 Å². The van der Waals surface area contributed by atoms with Crippen molar-refractivity contribution in [1.29, 1.82) is 0 Å². The van der Waals surface area contributed by atoms with Crippen molar-refractivity contribution >= 4 is 23.2 Å². The molecule has 6 heteroatoms. The van der Waals surface area contributed by atoms with Crippen molar-refractivity contribution in [3.8, 4) is 0 Å². The van der Waals surface area contributed by atoms with E-state index in [1.807, 2.05) is 31.2 Å². The molecule has 132 valence electrons. The van der Waals surface area contributed by atoms with E-state index in [0.29, 0.717) is 5.69 Å². The average molecular weight is 343 g/mol. The van der Waals surface area contributed by atoms with Crippen LogP contribution in [0.25, 0.3) is 0 Å². The number of aryl methyl sites for hydroxylation is 2. The molecule has 2 N–H and O–H groups in total. The molecule has 0 unspecified atom stereocenters. The third-order valence-electron chi connectivity index (χ3n) is 3.56. The molecule has 0 aliphatic rings. The molecule has 0 atom stereocenters. The number of rotatable bonds is 6. The highest BCUT2D eigenvalue weighted by atomic mass is 19.1. The predicted molar refractivity (Wildman–Crippen MR) is 97.1 cm³/mol. The minimum atomic E-state index is -0.479. The summed E-state index contributed by atoms with van der Waals surface area (Å²) in [6, 6.07) is 12.0. The van der Waals surface area contributed by atoms with Gasteiger partial charge >= 0.3 is 0 Å². The lowest BCUT2D eigenvalue weighted by atomic mass is 10.2. The van der Waals surface area contributed by atoms with Crippen LogP contribution < -0.4 is 10.6 Å². The first-order valence-electron chi connectivity index (χ1n) is 7.94. The maximum atomic E-state index is 13.7. The number of hydrogen-bond acceptors (Lipinski definition) is 3. The van der Waals surface area contributed by atoms with Gasteiger partial charge in [-0.2, -0.15) is 0 Å². The monoisotopic (exact) mass is 343 g/mol. The van der Waals surface area contributed by atoms with Crippen molar-refractivity contribution in [3.05, 3.63) is 59.4 Å². The van der Waals surface area contributed by atoms with Gasteiger partial charge in [0.1, 0.15) is 5.82 Å². The second-order valence-corrected chi connectivity index (χ2v) is 6.12. The molecule has 0 aliphatic carbocycles. The predicted octanol–water partition coefficient (Wildman–Crippen LogP) is 2.95. The summed E-state index contributed by atoms with van der Waals surface area (Å²) in [5.41, 5.74) is 2.72. The molecule has 0 bridgehead atoms. The van der Waals surface area contributed by atoms with E-state index in [9.17, 15) is 14.0 Å². The van der Waals surface area contributed by atoms with Crippen molar-refractivity contribution in [3.63, 3.8) is 0 Å². The topological polar surface area (TPSA) is 61.4 Å². The van der Waals surface area contributed by atoms with Gasteiger partial charge in [-0.1, -0.05) is 23.8 Å². The Balaban J connectivity index is 1.82. The van der Waals surface area contributed by atoms with Gasteiger partial charge in [0.15, 0.2) is 0 Å². The maximum Gasteiger partial charge on any atom is 0.238 e. The van der Waals surface area contributed by atoms with Gasteiger partial charge in [0.25, 0.3) is 0 Å². The van der Waals surface area contributed by atoms with Gasteiger partial charge in [-0.15, -0.1) is 0 Å². The minimum Gasteiger partial charge on any atom is -0.325 e. The molecular weight excluding hydrogens is 321 g/mol. The summed E-state index contributed by atoms with van der Waals surface area (Å²) in [5.74, 6) is -1.08. The van der Waals surface area contributed by atoms with E-state index in [4.69, 9.17) is 0 Å². The lowest BCUT2D eigenvalue weighted by molar-refractivity contribution is -0.119. The van der Waals surface area contributed by atoms with Crippen LogP contribution in [0.2, 0.25) is 0 Å². The molecule has 0 saturated carbocycles. The molecule has 2 aromatic carbocycles. The Morgan fingerprint density at radius 1 is 0.920 bits per heavy atom. The molecule has 0 radical (unpaired) electrons. The summed E-state index contributed by atoms with van der Waals surface area (Å²) in [6.45, 7) is 3.77. The number of benzene rings is 2. The van der Waals surface area contributed by atoms with E-state index in [2.05, 4.69) is 10.6 Å². The minimum absolute atomic E-state index is 0.0192. The third kappa shape index (κ3) is 6.00. The molecule has 0 spiro atoms. The quantitative estimate of drug-likeness (QED) is 0.848. The smallest absolute Gasteiger partial charge is 0.238 e. The molecule has 2 aromatic rings. The Kier molecular flexibility index (Phi) is 6.25. The molecule has 0 saturated heterocycles. The molecule has 0 heterocycles. The highest BCUT2D eigenvalue weighted by molar-refractivity contribution is 5.94. The second-order valence-electron chi connectivity index (χ2n) is 6.12. The first-order valence-corrected chi connectivity index (χ1v) is 7.94. The Hall–Kier alpha value is -2.73. The van der Waals surface area contributed by atoms with Crippen LogP contribution in [0.5, 0.6) is 0 Å². The second kappa shape index (κ2) is 8.39. The van der Waals surface area contributed by atoms with Crippen LogP contribution >= 0.6 is 0 Å². The van der Waals surface area contributed by atoms with E-state index in [-0.39, 0.29) is 30.6 Å². The highest BCUT2D eigenvalue weighted by Gasteiger charge is 2.12. The van der Waals surface area contributed by atoms with Crippen molar-refractivity contribution < 1.29 is 14.0 Å². The maximum absolute atomic E-state index is 13.7. The van der Waals surface area contributed by atoms with Gasteiger partial charge in [0.05, 0.1) is 18.8 Å². The van der Waals surface area contributed by atoms with Crippen LogP contribution in [0.1, 0.15) is 11.1 Å². The highest BCUT2D eigenvalue weighted by Crippen LogP contribution is 2.15. The average Bonchev–Trinajstić information content (AvgIpc) is 2.52. The molecule has 0 aliphatic heterocycles. The normalized spacial score (nSPS) is 10.6. The standard InChI is InChI=1S/C19H22FN3O2/c1-13-4-7-15(8-5-13)21-18(24)11-23(3)12-19(25)22-17-9-6-14(2)10-16(17)20/h4-10H,11-12H2,1-3H3,(H,21,24)(H,22,25). The first-order chi connectivity index (χ1) is 11.8. The first kappa shape index (κ1) is 18.6. The molecule has 0 aromatic heterocycles. The Bertz CT molecular complexity index is 760. The van der Waals surface area contributed by atoms with Gasteiger partial charge in [0, 0.05) is 5.69 Å². The van der Waals surface area contributed by atoms with E-state index < -0.39 is 5.82 Å². The summed E-state index contributed by atoms with van der Waals surface area (Å²) < 4.78 is 13.7. The summed E-state index contributed by atoms with van der Waals surface area (Å²) in [6.07, 6.45) is 0. The largest absolute Gasteiger partial charge is 0.325 e. The van der Waals surface area contributed by atoms with Gasteiger partial charge in [-0.3, -0.25) is 14.5 Å². The van der Waals surface area contributed by atoms with E-state index in [1.165, 1.54) is 12.1 Å². The number of anilines is 2.